The molecular formula is C8H14N4O. The van der Waals surface area contributed by atoms with Crippen LogP contribution in [-0.4, -0.2) is 33.9 Å². The fraction of sp³-hybridized carbons (Fsp3) is 0.625. The van der Waals surface area contributed by atoms with Crippen molar-refractivity contribution in [2.45, 2.75) is 13.3 Å². The summed E-state index contributed by atoms with van der Waals surface area (Å²) in [6.07, 6.45) is 1.99. The number of Topliss-reactive ketones (excluding diaryl/α,β-unsaturated/α-hetero) is 1. The van der Waals surface area contributed by atoms with E-state index in [-0.39, 0.29) is 5.78 Å². The van der Waals surface area contributed by atoms with Gasteiger partial charge in [-0.2, -0.15) is 0 Å². The van der Waals surface area contributed by atoms with E-state index < -0.39 is 0 Å². The number of hydrogen-bond donors (Lipinski definition) is 1. The Labute approximate surface area is 77.1 Å². The van der Waals surface area contributed by atoms with E-state index in [0.717, 1.165) is 6.54 Å². The van der Waals surface area contributed by atoms with E-state index in [4.69, 9.17) is 0 Å². The monoisotopic (exact) mass is 182 g/mol. The average Bonchev–Trinajstić information content (AvgIpc) is 2.52. The first-order chi connectivity index (χ1) is 6.25. The van der Waals surface area contributed by atoms with E-state index in [1.807, 2.05) is 6.92 Å². The number of aromatic nitrogens is 3. The molecule has 0 spiro atoms. The summed E-state index contributed by atoms with van der Waals surface area (Å²) in [5, 5.41) is 10.4. The Morgan fingerprint density at radius 3 is 3.00 bits per heavy atom. The highest BCUT2D eigenvalue weighted by molar-refractivity contribution is 5.94. The van der Waals surface area contributed by atoms with Crippen molar-refractivity contribution in [1.29, 1.82) is 0 Å². The Morgan fingerprint density at radius 1 is 1.69 bits per heavy atom. The first kappa shape index (κ1) is 9.85. The highest BCUT2D eigenvalue weighted by atomic mass is 16.1. The quantitative estimate of drug-likeness (QED) is 0.514. The molecule has 0 aliphatic rings. The number of ketones is 1. The van der Waals surface area contributed by atoms with Gasteiger partial charge < -0.3 is 5.32 Å². The third-order valence-corrected chi connectivity index (χ3v) is 1.78. The van der Waals surface area contributed by atoms with Crippen LogP contribution in [0, 0.1) is 0 Å². The van der Waals surface area contributed by atoms with Crippen LogP contribution in [0.2, 0.25) is 0 Å². The zero-order chi connectivity index (χ0) is 9.68. The summed E-state index contributed by atoms with van der Waals surface area (Å²) < 4.78 is 1.49. The van der Waals surface area contributed by atoms with Crippen LogP contribution in [0.4, 0.5) is 0 Å². The molecule has 0 aliphatic carbocycles. The van der Waals surface area contributed by atoms with E-state index >= 15 is 0 Å². The summed E-state index contributed by atoms with van der Waals surface area (Å²) in [4.78, 5) is 11.5. The summed E-state index contributed by atoms with van der Waals surface area (Å²) in [6, 6.07) is 0. The topological polar surface area (TPSA) is 59.8 Å². The van der Waals surface area contributed by atoms with Gasteiger partial charge in [-0.1, -0.05) is 12.1 Å². The molecule has 0 radical (unpaired) electrons. The Kier molecular flexibility index (Phi) is 3.57. The Hall–Kier alpha value is -1.23. The number of carbonyl (C=O) groups is 1. The fourth-order valence-electron chi connectivity index (χ4n) is 1.05. The maximum atomic E-state index is 11.5. The fourth-order valence-corrected chi connectivity index (χ4v) is 1.05. The second kappa shape index (κ2) is 4.71. The molecule has 13 heavy (non-hydrogen) atoms. The number of rotatable bonds is 5. The van der Waals surface area contributed by atoms with Gasteiger partial charge in [0, 0.05) is 20.0 Å². The van der Waals surface area contributed by atoms with E-state index in [2.05, 4.69) is 15.6 Å². The second-order valence-corrected chi connectivity index (χ2v) is 2.77. The molecule has 0 unspecified atom stereocenters. The first-order valence-corrected chi connectivity index (χ1v) is 4.34. The molecule has 1 rings (SSSR count). The van der Waals surface area contributed by atoms with Gasteiger partial charge in [-0.25, -0.2) is 4.68 Å². The van der Waals surface area contributed by atoms with Gasteiger partial charge in [-0.3, -0.25) is 4.79 Å². The lowest BCUT2D eigenvalue weighted by Gasteiger charge is -2.00. The van der Waals surface area contributed by atoms with Crippen molar-refractivity contribution >= 4 is 5.78 Å². The molecule has 1 heterocycles. The SMILES string of the molecule is CCNCCC(=O)c1cnnn1C. The van der Waals surface area contributed by atoms with Gasteiger partial charge in [-0.15, -0.1) is 5.10 Å². The third kappa shape index (κ3) is 2.62. The molecule has 0 atom stereocenters. The van der Waals surface area contributed by atoms with Crippen LogP contribution in [-0.2, 0) is 7.05 Å². The van der Waals surface area contributed by atoms with Crippen molar-refractivity contribution in [2.24, 2.45) is 7.05 Å². The minimum absolute atomic E-state index is 0.0773. The lowest BCUT2D eigenvalue weighted by atomic mass is 10.2. The number of nitrogens with one attached hydrogen (secondary N) is 1. The molecule has 0 saturated heterocycles. The molecule has 0 fully saturated rings. The molecular weight excluding hydrogens is 168 g/mol. The molecule has 72 valence electrons. The smallest absolute Gasteiger partial charge is 0.183 e. The molecule has 0 aromatic carbocycles. The highest BCUT2D eigenvalue weighted by Gasteiger charge is 2.09. The van der Waals surface area contributed by atoms with Crippen LogP contribution in [0.25, 0.3) is 0 Å². The van der Waals surface area contributed by atoms with Crippen molar-refractivity contribution in [2.75, 3.05) is 13.1 Å². The summed E-state index contributed by atoms with van der Waals surface area (Å²) in [5.41, 5.74) is 0.568. The molecule has 0 amide bonds. The Balaban J connectivity index is 2.45. The van der Waals surface area contributed by atoms with Gasteiger partial charge in [0.25, 0.3) is 0 Å². The molecule has 1 N–H and O–H groups in total. The minimum atomic E-state index is 0.0773. The van der Waals surface area contributed by atoms with E-state index in [9.17, 15) is 4.79 Å². The lowest BCUT2D eigenvalue weighted by Crippen LogP contribution is -2.18. The molecule has 5 heteroatoms. The number of hydrogen-bond acceptors (Lipinski definition) is 4. The molecule has 1 aromatic heterocycles. The van der Waals surface area contributed by atoms with Gasteiger partial charge in [0.15, 0.2) is 5.78 Å². The first-order valence-electron chi connectivity index (χ1n) is 4.34. The van der Waals surface area contributed by atoms with Crippen molar-refractivity contribution in [1.82, 2.24) is 20.3 Å². The lowest BCUT2D eigenvalue weighted by molar-refractivity contribution is 0.0973. The summed E-state index contributed by atoms with van der Waals surface area (Å²) in [7, 11) is 1.72. The zero-order valence-corrected chi connectivity index (χ0v) is 7.95. The molecule has 5 nitrogen and oxygen atoms in total. The van der Waals surface area contributed by atoms with E-state index in [1.54, 1.807) is 7.05 Å². The maximum Gasteiger partial charge on any atom is 0.183 e. The van der Waals surface area contributed by atoms with Crippen molar-refractivity contribution < 1.29 is 4.79 Å². The van der Waals surface area contributed by atoms with Crippen LogP contribution in [0.3, 0.4) is 0 Å². The molecule has 0 aliphatic heterocycles. The van der Waals surface area contributed by atoms with Crippen molar-refractivity contribution in [3.63, 3.8) is 0 Å². The standard InChI is InChI=1S/C8H14N4O/c1-3-9-5-4-8(13)7-6-10-11-12(7)2/h6,9H,3-5H2,1-2H3. The predicted octanol–water partition coefficient (Wildman–Crippen LogP) is -0.00260. The van der Waals surface area contributed by atoms with Crippen LogP contribution in [0.5, 0.6) is 0 Å². The minimum Gasteiger partial charge on any atom is -0.317 e. The van der Waals surface area contributed by atoms with Crippen LogP contribution in [0.15, 0.2) is 6.20 Å². The van der Waals surface area contributed by atoms with Crippen LogP contribution < -0.4 is 5.32 Å². The predicted molar refractivity (Wildman–Crippen MR) is 48.5 cm³/mol. The number of nitrogens with zero attached hydrogens (tertiary/aromatic N) is 3. The Morgan fingerprint density at radius 2 is 2.46 bits per heavy atom. The largest absolute Gasteiger partial charge is 0.317 e. The Bertz CT molecular complexity index is 281. The third-order valence-electron chi connectivity index (χ3n) is 1.78. The number of carbonyl (C=O) groups excluding carboxylic acids is 1. The summed E-state index contributed by atoms with van der Waals surface area (Å²) >= 11 is 0. The molecule has 1 aromatic rings. The maximum absolute atomic E-state index is 11.5. The molecule has 0 bridgehead atoms. The van der Waals surface area contributed by atoms with Crippen molar-refractivity contribution in [3.05, 3.63) is 11.9 Å². The summed E-state index contributed by atoms with van der Waals surface area (Å²) in [6.45, 7) is 3.60. The van der Waals surface area contributed by atoms with Gasteiger partial charge in [0.05, 0.1) is 6.20 Å². The normalized spacial score (nSPS) is 10.3. The van der Waals surface area contributed by atoms with Crippen LogP contribution in [0.1, 0.15) is 23.8 Å². The second-order valence-electron chi connectivity index (χ2n) is 2.77. The van der Waals surface area contributed by atoms with Gasteiger partial charge in [0.1, 0.15) is 5.69 Å². The van der Waals surface area contributed by atoms with Gasteiger partial charge in [0.2, 0.25) is 0 Å². The van der Waals surface area contributed by atoms with Crippen molar-refractivity contribution in [3.8, 4) is 0 Å². The van der Waals surface area contributed by atoms with Gasteiger partial charge >= 0.3 is 0 Å². The summed E-state index contributed by atoms with van der Waals surface area (Å²) in [5.74, 6) is 0.0773. The zero-order valence-electron chi connectivity index (χ0n) is 7.95. The van der Waals surface area contributed by atoms with E-state index in [0.29, 0.717) is 18.7 Å². The van der Waals surface area contributed by atoms with Crippen LogP contribution >= 0.6 is 0 Å². The highest BCUT2D eigenvalue weighted by Crippen LogP contribution is 1.98. The number of aryl methyl sites for hydroxylation is 1. The van der Waals surface area contributed by atoms with E-state index in [1.165, 1.54) is 10.9 Å². The average molecular weight is 182 g/mol. The molecule has 0 saturated carbocycles. The van der Waals surface area contributed by atoms with Gasteiger partial charge in [-0.05, 0) is 6.54 Å².